The molecule has 0 saturated carbocycles. The zero-order valence-corrected chi connectivity index (χ0v) is 9.30. The first-order chi connectivity index (χ1) is 7.33. The summed E-state index contributed by atoms with van der Waals surface area (Å²) in [6, 6.07) is 5.98. The minimum absolute atomic E-state index is 0.810. The molecule has 0 atom stereocenters. The van der Waals surface area contributed by atoms with Gasteiger partial charge < -0.3 is 4.90 Å². The first-order valence-corrected chi connectivity index (χ1v) is 5.82. The number of hydrogen-bond acceptors (Lipinski definition) is 2. The second-order valence-corrected chi connectivity index (χ2v) is 4.62. The van der Waals surface area contributed by atoms with E-state index >= 15 is 0 Å². The summed E-state index contributed by atoms with van der Waals surface area (Å²) in [5.41, 5.74) is 2.36. The summed E-state index contributed by atoms with van der Waals surface area (Å²) >= 11 is 5.98. The third-order valence-electron chi connectivity index (χ3n) is 3.10. The molecule has 0 amide bonds. The van der Waals surface area contributed by atoms with Crippen LogP contribution >= 0.6 is 11.6 Å². The first-order valence-electron chi connectivity index (χ1n) is 5.44. The summed E-state index contributed by atoms with van der Waals surface area (Å²) in [6.07, 6.45) is 3.69. The van der Waals surface area contributed by atoms with Crippen molar-refractivity contribution in [1.29, 1.82) is 0 Å². The maximum absolute atomic E-state index is 5.98. The fourth-order valence-corrected chi connectivity index (χ4v) is 2.50. The van der Waals surface area contributed by atoms with Crippen molar-refractivity contribution in [2.24, 2.45) is 4.99 Å². The Morgan fingerprint density at radius 3 is 3.13 bits per heavy atom. The molecule has 2 aliphatic heterocycles. The number of aliphatic imine (C=N–C) groups is 1. The third kappa shape index (κ3) is 1.63. The Morgan fingerprint density at radius 1 is 1.27 bits per heavy atom. The molecule has 0 N–H and O–H groups in total. The summed E-state index contributed by atoms with van der Waals surface area (Å²) in [5, 5.41) is 0.810. The molecule has 0 radical (unpaired) electrons. The molecule has 1 fully saturated rings. The van der Waals surface area contributed by atoms with E-state index in [1.807, 2.05) is 18.2 Å². The lowest BCUT2D eigenvalue weighted by Gasteiger charge is -2.33. The van der Waals surface area contributed by atoms with Gasteiger partial charge in [-0.3, -0.25) is 0 Å². The van der Waals surface area contributed by atoms with Crippen LogP contribution in [0.4, 0.5) is 5.69 Å². The molecule has 15 heavy (non-hydrogen) atoms. The van der Waals surface area contributed by atoms with Crippen molar-refractivity contribution in [3.63, 3.8) is 0 Å². The molecule has 2 nitrogen and oxygen atoms in total. The molecule has 2 heterocycles. The van der Waals surface area contributed by atoms with Crippen molar-refractivity contribution in [2.45, 2.75) is 25.8 Å². The van der Waals surface area contributed by atoms with Gasteiger partial charge in [0.1, 0.15) is 5.84 Å². The zero-order valence-electron chi connectivity index (χ0n) is 8.54. The maximum atomic E-state index is 5.98. The van der Waals surface area contributed by atoms with E-state index in [-0.39, 0.29) is 0 Å². The largest absolute Gasteiger partial charge is 0.356 e. The van der Waals surface area contributed by atoms with E-state index in [1.165, 1.54) is 24.2 Å². The van der Waals surface area contributed by atoms with Crippen LogP contribution in [0.15, 0.2) is 23.2 Å². The smallest absolute Gasteiger partial charge is 0.105 e. The second kappa shape index (κ2) is 3.53. The van der Waals surface area contributed by atoms with E-state index in [2.05, 4.69) is 4.90 Å². The summed E-state index contributed by atoms with van der Waals surface area (Å²) in [7, 11) is 0. The summed E-state index contributed by atoms with van der Waals surface area (Å²) < 4.78 is 0. The first kappa shape index (κ1) is 9.22. The van der Waals surface area contributed by atoms with Crippen LogP contribution in [0.3, 0.4) is 0 Å². The van der Waals surface area contributed by atoms with Gasteiger partial charge in [-0.2, -0.15) is 0 Å². The molecule has 0 aliphatic carbocycles. The average Bonchev–Trinajstić information content (AvgIpc) is 2.26. The Hall–Kier alpha value is -1.02. The molecule has 0 bridgehead atoms. The highest BCUT2D eigenvalue weighted by molar-refractivity contribution is 6.30. The van der Waals surface area contributed by atoms with Crippen LogP contribution in [0, 0.1) is 0 Å². The highest BCUT2D eigenvalue weighted by Gasteiger charge is 2.21. The normalized spacial score (nSPS) is 19.3. The molecule has 78 valence electrons. The van der Waals surface area contributed by atoms with E-state index in [0.29, 0.717) is 0 Å². The standard InChI is InChI=1S/C12H13ClN2/c13-10-4-5-11-9(7-10)8-15-6-2-1-3-12(15)14-11/h4-5,7H,1-3,6,8H2. The monoisotopic (exact) mass is 220 g/mol. The van der Waals surface area contributed by atoms with E-state index in [4.69, 9.17) is 16.6 Å². The number of fused-ring (bicyclic) bond motifs is 2. The SMILES string of the molecule is Clc1ccc2c(c1)CN1CCCCC1=N2. The predicted octanol–water partition coefficient (Wildman–Crippen LogP) is 3.37. The van der Waals surface area contributed by atoms with E-state index in [1.54, 1.807) is 0 Å². The van der Waals surface area contributed by atoms with Gasteiger partial charge in [-0.05, 0) is 36.6 Å². The van der Waals surface area contributed by atoms with Gasteiger partial charge in [-0.25, -0.2) is 4.99 Å². The number of benzene rings is 1. The molecule has 0 spiro atoms. The lowest BCUT2D eigenvalue weighted by molar-refractivity contribution is 0.359. The van der Waals surface area contributed by atoms with Gasteiger partial charge in [0, 0.05) is 24.5 Å². The van der Waals surface area contributed by atoms with Crippen molar-refractivity contribution in [3.05, 3.63) is 28.8 Å². The average molecular weight is 221 g/mol. The summed E-state index contributed by atoms with van der Waals surface area (Å²) in [6.45, 7) is 2.12. The molecule has 3 heteroatoms. The van der Waals surface area contributed by atoms with Crippen molar-refractivity contribution in [2.75, 3.05) is 6.54 Å². The lowest BCUT2D eigenvalue weighted by Crippen LogP contribution is -2.36. The minimum Gasteiger partial charge on any atom is -0.356 e. The van der Waals surface area contributed by atoms with Gasteiger partial charge in [0.15, 0.2) is 0 Å². The molecular formula is C12H13ClN2. The van der Waals surface area contributed by atoms with Gasteiger partial charge >= 0.3 is 0 Å². The van der Waals surface area contributed by atoms with Crippen LogP contribution in [0.1, 0.15) is 24.8 Å². The number of nitrogens with zero attached hydrogens (tertiary/aromatic N) is 2. The van der Waals surface area contributed by atoms with Crippen LogP contribution in [-0.4, -0.2) is 17.3 Å². The Labute approximate surface area is 94.6 Å². The molecule has 0 aromatic heterocycles. The Morgan fingerprint density at radius 2 is 2.20 bits per heavy atom. The molecule has 3 rings (SSSR count). The predicted molar refractivity (Wildman–Crippen MR) is 62.8 cm³/mol. The van der Waals surface area contributed by atoms with Crippen molar-refractivity contribution in [3.8, 4) is 0 Å². The summed E-state index contributed by atoms with van der Waals surface area (Å²) in [4.78, 5) is 7.07. The number of amidine groups is 1. The Bertz CT molecular complexity index is 426. The summed E-state index contributed by atoms with van der Waals surface area (Å²) in [5.74, 6) is 1.26. The minimum atomic E-state index is 0.810. The van der Waals surface area contributed by atoms with Gasteiger partial charge in [0.2, 0.25) is 0 Å². The molecular weight excluding hydrogens is 208 g/mol. The van der Waals surface area contributed by atoms with Crippen molar-refractivity contribution >= 4 is 23.1 Å². The number of hydrogen-bond donors (Lipinski definition) is 0. The van der Waals surface area contributed by atoms with Gasteiger partial charge in [-0.15, -0.1) is 0 Å². The fraction of sp³-hybridized carbons (Fsp3) is 0.417. The van der Waals surface area contributed by atoms with Gasteiger partial charge in [0.25, 0.3) is 0 Å². The van der Waals surface area contributed by atoms with Gasteiger partial charge in [0.05, 0.1) is 5.69 Å². The second-order valence-electron chi connectivity index (χ2n) is 4.18. The molecule has 2 aliphatic rings. The van der Waals surface area contributed by atoms with Crippen molar-refractivity contribution in [1.82, 2.24) is 4.90 Å². The number of rotatable bonds is 0. The lowest BCUT2D eigenvalue weighted by atomic mass is 10.0. The highest BCUT2D eigenvalue weighted by atomic mass is 35.5. The fourth-order valence-electron chi connectivity index (χ4n) is 2.30. The van der Waals surface area contributed by atoms with Gasteiger partial charge in [-0.1, -0.05) is 11.6 Å². The molecule has 1 saturated heterocycles. The topological polar surface area (TPSA) is 15.6 Å². The van der Waals surface area contributed by atoms with Crippen LogP contribution in [0.2, 0.25) is 5.02 Å². The van der Waals surface area contributed by atoms with Crippen LogP contribution in [-0.2, 0) is 6.54 Å². The van der Waals surface area contributed by atoms with E-state index in [0.717, 1.165) is 30.2 Å². The van der Waals surface area contributed by atoms with E-state index in [9.17, 15) is 0 Å². The molecule has 1 aromatic rings. The van der Waals surface area contributed by atoms with Crippen LogP contribution in [0.5, 0.6) is 0 Å². The highest BCUT2D eigenvalue weighted by Crippen LogP contribution is 2.31. The van der Waals surface area contributed by atoms with Crippen LogP contribution < -0.4 is 0 Å². The van der Waals surface area contributed by atoms with Crippen LogP contribution in [0.25, 0.3) is 0 Å². The Balaban J connectivity index is 2.03. The Kier molecular flexibility index (Phi) is 2.17. The maximum Gasteiger partial charge on any atom is 0.105 e. The zero-order chi connectivity index (χ0) is 10.3. The quantitative estimate of drug-likeness (QED) is 0.655. The third-order valence-corrected chi connectivity index (χ3v) is 3.33. The van der Waals surface area contributed by atoms with E-state index < -0.39 is 0 Å². The van der Waals surface area contributed by atoms with Crippen molar-refractivity contribution < 1.29 is 0 Å². The number of piperidine rings is 1. The molecule has 1 aromatic carbocycles. The molecule has 0 unspecified atom stereocenters. The number of halogens is 1.